The first kappa shape index (κ1) is 14.3. The van der Waals surface area contributed by atoms with Crippen molar-refractivity contribution in [1.29, 1.82) is 0 Å². The summed E-state index contributed by atoms with van der Waals surface area (Å²) in [6.45, 7) is 4.72. The van der Waals surface area contributed by atoms with Crippen LogP contribution >= 0.6 is 0 Å². The molecule has 0 aliphatic heterocycles. The Labute approximate surface area is 95.4 Å². The van der Waals surface area contributed by atoms with Crippen molar-refractivity contribution in [3.8, 4) is 0 Å². The molecule has 0 saturated carbocycles. The van der Waals surface area contributed by atoms with Crippen LogP contribution in [0.1, 0.15) is 20.3 Å². The number of carbonyl (C=O) groups is 2. The molecule has 0 heterocycles. The van der Waals surface area contributed by atoms with Crippen molar-refractivity contribution in [2.75, 3.05) is 19.7 Å². The fourth-order valence-electron chi connectivity index (χ4n) is 0.826. The molecular weight excluding hydrogens is 210 g/mol. The standard InChI is InChI=1S/C10H19N3O3/c1-3-5-6-11-9(14)12-7-8-13-10(15)16-4-2/h5-6H,3-4,7-8H2,1-2H3,(H,13,15)(H2,11,12,14)/b6-5+. The predicted molar refractivity (Wildman–Crippen MR) is 61.0 cm³/mol. The maximum Gasteiger partial charge on any atom is 0.407 e. The summed E-state index contributed by atoms with van der Waals surface area (Å²) >= 11 is 0. The Morgan fingerprint density at radius 3 is 2.50 bits per heavy atom. The van der Waals surface area contributed by atoms with Gasteiger partial charge in [0.15, 0.2) is 0 Å². The predicted octanol–water partition coefficient (Wildman–Crippen LogP) is 0.955. The van der Waals surface area contributed by atoms with Gasteiger partial charge in [0.2, 0.25) is 0 Å². The van der Waals surface area contributed by atoms with E-state index in [0.29, 0.717) is 19.7 Å². The molecule has 0 radical (unpaired) electrons. The second kappa shape index (κ2) is 9.82. The third kappa shape index (κ3) is 8.86. The third-order valence-corrected chi connectivity index (χ3v) is 1.52. The van der Waals surface area contributed by atoms with E-state index in [4.69, 9.17) is 0 Å². The summed E-state index contributed by atoms with van der Waals surface area (Å²) in [7, 11) is 0. The van der Waals surface area contributed by atoms with E-state index in [1.807, 2.05) is 13.0 Å². The van der Waals surface area contributed by atoms with Crippen LogP contribution < -0.4 is 16.0 Å². The number of rotatable bonds is 6. The number of amides is 3. The number of carbonyl (C=O) groups excluding carboxylic acids is 2. The molecule has 0 spiro atoms. The summed E-state index contributed by atoms with van der Waals surface area (Å²) in [5.41, 5.74) is 0. The summed E-state index contributed by atoms with van der Waals surface area (Å²) < 4.78 is 4.64. The molecule has 0 rings (SSSR count). The molecule has 0 unspecified atom stereocenters. The van der Waals surface area contributed by atoms with E-state index in [9.17, 15) is 9.59 Å². The number of urea groups is 1. The summed E-state index contributed by atoms with van der Waals surface area (Å²) in [4.78, 5) is 21.9. The van der Waals surface area contributed by atoms with Crippen LogP contribution in [-0.4, -0.2) is 31.8 Å². The lowest BCUT2D eigenvalue weighted by Crippen LogP contribution is -2.38. The second-order valence-corrected chi connectivity index (χ2v) is 2.86. The molecule has 0 aliphatic rings. The molecule has 0 fully saturated rings. The molecule has 0 aliphatic carbocycles. The van der Waals surface area contributed by atoms with Crippen LogP contribution in [0.3, 0.4) is 0 Å². The number of hydrogen-bond acceptors (Lipinski definition) is 3. The molecule has 3 amide bonds. The highest BCUT2D eigenvalue weighted by molar-refractivity contribution is 5.74. The number of hydrogen-bond donors (Lipinski definition) is 3. The Balaban J connectivity index is 3.40. The van der Waals surface area contributed by atoms with E-state index in [1.54, 1.807) is 13.1 Å². The lowest BCUT2D eigenvalue weighted by molar-refractivity contribution is 0.152. The first-order valence-electron chi connectivity index (χ1n) is 5.30. The van der Waals surface area contributed by atoms with Gasteiger partial charge in [-0.3, -0.25) is 0 Å². The molecule has 0 saturated heterocycles. The number of ether oxygens (including phenoxy) is 1. The van der Waals surface area contributed by atoms with Crippen LogP contribution in [0.15, 0.2) is 12.3 Å². The molecule has 0 bridgehead atoms. The average molecular weight is 229 g/mol. The smallest absolute Gasteiger partial charge is 0.407 e. The Morgan fingerprint density at radius 1 is 1.19 bits per heavy atom. The normalized spacial score (nSPS) is 9.88. The quantitative estimate of drug-likeness (QED) is 0.593. The molecule has 16 heavy (non-hydrogen) atoms. The van der Waals surface area contributed by atoms with E-state index in [2.05, 4.69) is 20.7 Å². The van der Waals surface area contributed by atoms with Crippen LogP contribution in [0.5, 0.6) is 0 Å². The van der Waals surface area contributed by atoms with Crippen molar-refractivity contribution < 1.29 is 14.3 Å². The van der Waals surface area contributed by atoms with Crippen molar-refractivity contribution in [3.63, 3.8) is 0 Å². The van der Waals surface area contributed by atoms with Crippen molar-refractivity contribution in [3.05, 3.63) is 12.3 Å². The zero-order valence-corrected chi connectivity index (χ0v) is 9.71. The second-order valence-electron chi connectivity index (χ2n) is 2.86. The summed E-state index contributed by atoms with van der Waals surface area (Å²) in [6.07, 6.45) is 3.80. The lowest BCUT2D eigenvalue weighted by Gasteiger charge is -2.06. The van der Waals surface area contributed by atoms with Crippen molar-refractivity contribution in [2.45, 2.75) is 20.3 Å². The number of alkyl carbamates (subject to hydrolysis) is 1. The van der Waals surface area contributed by atoms with Gasteiger partial charge >= 0.3 is 12.1 Å². The molecule has 92 valence electrons. The van der Waals surface area contributed by atoms with Gasteiger partial charge in [0.05, 0.1) is 6.61 Å². The highest BCUT2D eigenvalue weighted by Crippen LogP contribution is 1.76. The molecule has 6 nitrogen and oxygen atoms in total. The van der Waals surface area contributed by atoms with Crippen LogP contribution in [0.2, 0.25) is 0 Å². The van der Waals surface area contributed by atoms with Gasteiger partial charge in [0, 0.05) is 19.3 Å². The van der Waals surface area contributed by atoms with Crippen molar-refractivity contribution in [2.24, 2.45) is 0 Å². The lowest BCUT2D eigenvalue weighted by atomic mass is 10.5. The fourth-order valence-corrected chi connectivity index (χ4v) is 0.826. The van der Waals surface area contributed by atoms with Gasteiger partial charge in [-0.25, -0.2) is 9.59 Å². The molecule has 3 N–H and O–H groups in total. The van der Waals surface area contributed by atoms with Gasteiger partial charge in [-0.1, -0.05) is 13.0 Å². The monoisotopic (exact) mass is 229 g/mol. The van der Waals surface area contributed by atoms with Crippen LogP contribution in [0.25, 0.3) is 0 Å². The Morgan fingerprint density at radius 2 is 1.88 bits per heavy atom. The van der Waals surface area contributed by atoms with Crippen molar-refractivity contribution >= 4 is 12.1 Å². The van der Waals surface area contributed by atoms with E-state index in [-0.39, 0.29) is 6.03 Å². The van der Waals surface area contributed by atoms with Crippen molar-refractivity contribution in [1.82, 2.24) is 16.0 Å². The SMILES string of the molecule is CC/C=C/NC(=O)NCCNC(=O)OCC. The first-order chi connectivity index (χ1) is 7.70. The summed E-state index contributed by atoms with van der Waals surface area (Å²) in [5, 5.41) is 7.57. The first-order valence-corrected chi connectivity index (χ1v) is 5.30. The van der Waals surface area contributed by atoms with Gasteiger partial charge in [-0.2, -0.15) is 0 Å². The van der Waals surface area contributed by atoms with E-state index in [0.717, 1.165) is 6.42 Å². The summed E-state index contributed by atoms with van der Waals surface area (Å²) in [5.74, 6) is 0. The Kier molecular flexibility index (Phi) is 8.76. The third-order valence-electron chi connectivity index (χ3n) is 1.52. The Bertz CT molecular complexity index is 241. The minimum absolute atomic E-state index is 0.296. The minimum Gasteiger partial charge on any atom is -0.450 e. The number of nitrogens with one attached hydrogen (secondary N) is 3. The topological polar surface area (TPSA) is 79.5 Å². The molecule has 0 aromatic rings. The van der Waals surface area contributed by atoms with Gasteiger partial charge in [0.25, 0.3) is 0 Å². The molecule has 0 atom stereocenters. The Hall–Kier alpha value is -1.72. The molecule has 0 aromatic carbocycles. The van der Waals surface area contributed by atoms with Gasteiger partial charge < -0.3 is 20.7 Å². The zero-order chi connectivity index (χ0) is 12.2. The minimum atomic E-state index is -0.476. The van der Waals surface area contributed by atoms with Crippen LogP contribution in [0, 0.1) is 0 Å². The van der Waals surface area contributed by atoms with E-state index < -0.39 is 6.09 Å². The molecule has 6 heteroatoms. The average Bonchev–Trinajstić information content (AvgIpc) is 2.25. The largest absolute Gasteiger partial charge is 0.450 e. The molecular formula is C10H19N3O3. The zero-order valence-electron chi connectivity index (χ0n) is 9.71. The van der Waals surface area contributed by atoms with Crippen LogP contribution in [0.4, 0.5) is 9.59 Å². The van der Waals surface area contributed by atoms with Gasteiger partial charge in [-0.05, 0) is 13.3 Å². The molecule has 0 aromatic heterocycles. The fraction of sp³-hybridized carbons (Fsp3) is 0.600. The van der Waals surface area contributed by atoms with E-state index >= 15 is 0 Å². The van der Waals surface area contributed by atoms with Gasteiger partial charge in [0.1, 0.15) is 0 Å². The highest BCUT2D eigenvalue weighted by Gasteiger charge is 1.99. The number of allylic oxidation sites excluding steroid dienone is 1. The maximum atomic E-state index is 11.1. The maximum absolute atomic E-state index is 11.1. The van der Waals surface area contributed by atoms with E-state index in [1.165, 1.54) is 0 Å². The summed E-state index contributed by atoms with van der Waals surface area (Å²) in [6, 6.07) is -0.296. The van der Waals surface area contributed by atoms with Crippen LogP contribution in [-0.2, 0) is 4.74 Å². The van der Waals surface area contributed by atoms with Gasteiger partial charge in [-0.15, -0.1) is 0 Å². The highest BCUT2D eigenvalue weighted by atomic mass is 16.5.